The third kappa shape index (κ3) is 2.30. The minimum absolute atomic E-state index is 0.0486. The number of carbonyl (C=O) groups excluding carboxylic acids is 1. The van der Waals surface area contributed by atoms with Crippen LogP contribution in [0.15, 0.2) is 24.3 Å². The van der Waals surface area contributed by atoms with E-state index in [9.17, 15) is 4.79 Å². The average Bonchev–Trinajstić information content (AvgIpc) is 2.97. The summed E-state index contributed by atoms with van der Waals surface area (Å²) in [7, 11) is 4.09. The Bertz CT molecular complexity index is 576. The van der Waals surface area contributed by atoms with Crippen molar-refractivity contribution in [3.63, 3.8) is 0 Å². The summed E-state index contributed by atoms with van der Waals surface area (Å²) in [4.78, 5) is 17.1. The number of likely N-dealkylation sites (N-methyl/N-ethyl adjacent to an activating group) is 1. The number of rotatable bonds is 3. The number of ether oxygens (including phenoxy) is 1. The number of amides is 1. The smallest absolute Gasteiger partial charge is 0.230 e. The van der Waals surface area contributed by atoms with Gasteiger partial charge in [0.25, 0.3) is 0 Å². The number of anilines is 1. The van der Waals surface area contributed by atoms with Gasteiger partial charge in [0.1, 0.15) is 11.9 Å². The number of hydrogen-bond acceptors (Lipinski definition) is 3. The number of hydrogen-bond donors (Lipinski definition) is 0. The van der Waals surface area contributed by atoms with Crippen molar-refractivity contribution in [2.45, 2.75) is 25.4 Å². The molecule has 3 aliphatic rings. The maximum Gasteiger partial charge on any atom is 0.230 e. The Labute approximate surface area is 132 Å². The molecule has 22 heavy (non-hydrogen) atoms. The summed E-state index contributed by atoms with van der Waals surface area (Å²) in [5.74, 6) is 2.78. The van der Waals surface area contributed by atoms with Crippen molar-refractivity contribution in [2.75, 3.05) is 32.1 Å². The molecule has 1 aromatic rings. The number of carbonyl (C=O) groups is 1. The number of para-hydroxylation sites is 2. The van der Waals surface area contributed by atoms with Crippen LogP contribution in [0.25, 0.3) is 0 Å². The second-order valence-electron chi connectivity index (χ2n) is 7.20. The Hall–Kier alpha value is -1.55. The van der Waals surface area contributed by atoms with Gasteiger partial charge in [-0.1, -0.05) is 18.6 Å². The first kappa shape index (κ1) is 14.1. The van der Waals surface area contributed by atoms with E-state index in [0.717, 1.165) is 18.0 Å². The number of benzene rings is 1. The molecule has 0 bridgehead atoms. The van der Waals surface area contributed by atoms with E-state index in [1.807, 2.05) is 43.3 Å². The highest BCUT2D eigenvalue weighted by Crippen LogP contribution is 2.58. The lowest BCUT2D eigenvalue weighted by molar-refractivity contribution is -0.121. The van der Waals surface area contributed by atoms with Gasteiger partial charge in [0.05, 0.1) is 12.2 Å². The van der Waals surface area contributed by atoms with E-state index in [1.54, 1.807) is 0 Å². The summed E-state index contributed by atoms with van der Waals surface area (Å²) in [6.07, 6.45) is 3.84. The Kier molecular flexibility index (Phi) is 3.37. The minimum atomic E-state index is 0.0486. The Morgan fingerprint density at radius 3 is 2.73 bits per heavy atom. The lowest BCUT2D eigenvalue weighted by Crippen LogP contribution is -2.48. The van der Waals surface area contributed by atoms with Crippen molar-refractivity contribution in [1.29, 1.82) is 0 Å². The first-order chi connectivity index (χ1) is 10.6. The maximum atomic E-state index is 13.0. The Morgan fingerprint density at radius 1 is 1.27 bits per heavy atom. The summed E-state index contributed by atoms with van der Waals surface area (Å²) in [5, 5.41) is 0. The van der Waals surface area contributed by atoms with Gasteiger partial charge >= 0.3 is 0 Å². The lowest BCUT2D eigenvalue weighted by atomic mass is 10.1. The Morgan fingerprint density at radius 2 is 2.00 bits per heavy atom. The molecule has 0 spiro atoms. The molecule has 4 nitrogen and oxygen atoms in total. The quantitative estimate of drug-likeness (QED) is 0.859. The molecular weight excluding hydrogens is 276 g/mol. The van der Waals surface area contributed by atoms with Crippen LogP contribution in [0.3, 0.4) is 0 Å². The molecule has 3 atom stereocenters. The molecule has 0 aromatic heterocycles. The first-order valence-electron chi connectivity index (χ1n) is 8.37. The molecular formula is C18H24N2O2. The second-order valence-corrected chi connectivity index (χ2v) is 7.20. The van der Waals surface area contributed by atoms with E-state index in [2.05, 4.69) is 4.90 Å². The van der Waals surface area contributed by atoms with Crippen molar-refractivity contribution in [3.05, 3.63) is 24.3 Å². The van der Waals surface area contributed by atoms with E-state index < -0.39 is 0 Å². The van der Waals surface area contributed by atoms with Crippen molar-refractivity contribution < 1.29 is 9.53 Å². The van der Waals surface area contributed by atoms with Crippen molar-refractivity contribution >= 4 is 11.6 Å². The zero-order chi connectivity index (χ0) is 15.3. The third-order valence-electron chi connectivity index (χ3n) is 5.36. The molecule has 2 fully saturated rings. The molecule has 1 aromatic carbocycles. The number of fused-ring (bicyclic) bond motifs is 2. The summed E-state index contributed by atoms with van der Waals surface area (Å²) in [5.41, 5.74) is 0.951. The van der Waals surface area contributed by atoms with E-state index in [4.69, 9.17) is 4.74 Å². The van der Waals surface area contributed by atoms with Gasteiger partial charge in [0, 0.05) is 12.5 Å². The van der Waals surface area contributed by atoms with Crippen LogP contribution in [0.1, 0.15) is 19.3 Å². The summed E-state index contributed by atoms with van der Waals surface area (Å²) >= 11 is 0. The highest BCUT2D eigenvalue weighted by Gasteiger charge is 2.58. The fourth-order valence-electron chi connectivity index (χ4n) is 4.38. The molecule has 3 unspecified atom stereocenters. The first-order valence-corrected chi connectivity index (χ1v) is 8.37. The minimum Gasteiger partial charge on any atom is -0.485 e. The van der Waals surface area contributed by atoms with Crippen molar-refractivity contribution in [2.24, 2.45) is 17.8 Å². The largest absolute Gasteiger partial charge is 0.485 e. The zero-order valence-electron chi connectivity index (χ0n) is 13.4. The normalized spacial score (nSPS) is 32.4. The van der Waals surface area contributed by atoms with Crippen LogP contribution in [-0.2, 0) is 4.79 Å². The van der Waals surface area contributed by atoms with Gasteiger partial charge < -0.3 is 14.5 Å². The monoisotopic (exact) mass is 300 g/mol. The molecule has 0 N–H and O–H groups in total. The molecule has 2 aliphatic carbocycles. The molecule has 1 heterocycles. The van der Waals surface area contributed by atoms with Gasteiger partial charge in [-0.25, -0.2) is 0 Å². The zero-order valence-corrected chi connectivity index (χ0v) is 13.4. The van der Waals surface area contributed by atoms with Gasteiger partial charge in [0.2, 0.25) is 5.91 Å². The standard InChI is InChI=1S/C18H24N2O2/c1-19(2)10-12-11-20(15-8-3-4-9-16(15)22-12)18(21)17-13-6-5-7-14(13)17/h3-4,8-9,12-14,17H,5-7,10-11H2,1-2H3. The average molecular weight is 300 g/mol. The van der Waals surface area contributed by atoms with Gasteiger partial charge in [-0.2, -0.15) is 0 Å². The van der Waals surface area contributed by atoms with Crippen LogP contribution in [-0.4, -0.2) is 44.1 Å². The van der Waals surface area contributed by atoms with Crippen LogP contribution in [0.2, 0.25) is 0 Å². The summed E-state index contributed by atoms with van der Waals surface area (Å²) < 4.78 is 6.08. The van der Waals surface area contributed by atoms with Crippen LogP contribution in [0.4, 0.5) is 5.69 Å². The molecule has 4 rings (SSSR count). The molecule has 118 valence electrons. The van der Waals surface area contributed by atoms with E-state index >= 15 is 0 Å². The highest BCUT2D eigenvalue weighted by atomic mass is 16.5. The van der Waals surface area contributed by atoms with Gasteiger partial charge in [-0.05, 0) is 50.9 Å². The molecule has 2 saturated carbocycles. The third-order valence-corrected chi connectivity index (χ3v) is 5.36. The molecule has 1 aliphatic heterocycles. The van der Waals surface area contributed by atoms with Crippen molar-refractivity contribution in [3.8, 4) is 5.75 Å². The SMILES string of the molecule is CN(C)CC1CN(C(=O)C2C3CCCC32)c2ccccc2O1. The molecule has 0 saturated heterocycles. The fraction of sp³-hybridized carbons (Fsp3) is 0.611. The number of nitrogens with zero attached hydrogens (tertiary/aromatic N) is 2. The van der Waals surface area contributed by atoms with Crippen molar-refractivity contribution in [1.82, 2.24) is 4.90 Å². The van der Waals surface area contributed by atoms with E-state index in [-0.39, 0.29) is 12.0 Å². The van der Waals surface area contributed by atoms with Gasteiger partial charge in [0.15, 0.2) is 0 Å². The molecule has 0 radical (unpaired) electrons. The van der Waals surface area contributed by atoms with Gasteiger partial charge in [-0.15, -0.1) is 0 Å². The molecule has 4 heteroatoms. The lowest BCUT2D eigenvalue weighted by Gasteiger charge is -2.36. The van der Waals surface area contributed by atoms with E-state index in [1.165, 1.54) is 19.3 Å². The van der Waals surface area contributed by atoms with Crippen LogP contribution in [0, 0.1) is 17.8 Å². The summed E-state index contributed by atoms with van der Waals surface area (Å²) in [6.45, 7) is 1.50. The fourth-order valence-corrected chi connectivity index (χ4v) is 4.38. The predicted octanol–water partition coefficient (Wildman–Crippen LogP) is 2.39. The predicted molar refractivity (Wildman–Crippen MR) is 86.1 cm³/mol. The van der Waals surface area contributed by atoms with Gasteiger partial charge in [-0.3, -0.25) is 4.79 Å². The highest BCUT2D eigenvalue weighted by molar-refractivity contribution is 5.99. The van der Waals surface area contributed by atoms with Crippen LogP contribution < -0.4 is 9.64 Å². The second kappa shape index (κ2) is 5.27. The Balaban J connectivity index is 1.58. The topological polar surface area (TPSA) is 32.8 Å². The van der Waals surface area contributed by atoms with E-state index in [0.29, 0.717) is 24.3 Å². The summed E-state index contributed by atoms with van der Waals surface area (Å²) in [6, 6.07) is 7.95. The molecule has 1 amide bonds. The maximum absolute atomic E-state index is 13.0. The van der Waals surface area contributed by atoms with Crippen LogP contribution in [0.5, 0.6) is 5.75 Å². The van der Waals surface area contributed by atoms with Crippen LogP contribution >= 0.6 is 0 Å².